The zero-order valence-corrected chi connectivity index (χ0v) is 6.97. The highest BCUT2D eigenvalue weighted by atomic mass is 31.2. The topological polar surface area (TPSA) is 44.8 Å². The lowest BCUT2D eigenvalue weighted by atomic mass is 10.5. The van der Waals surface area contributed by atoms with Crippen molar-refractivity contribution in [2.45, 2.75) is 20.0 Å². The fourth-order valence-electron chi connectivity index (χ4n) is 0.703. The van der Waals surface area contributed by atoms with Gasteiger partial charge in [-0.15, -0.1) is 0 Å². The van der Waals surface area contributed by atoms with Crippen molar-refractivity contribution in [2.24, 2.45) is 0 Å². The Morgan fingerprint density at radius 3 is 2.90 bits per heavy atom. The molecule has 0 aromatic carbocycles. The Kier molecular flexibility index (Phi) is 2.47. The Morgan fingerprint density at radius 1 is 1.80 bits per heavy atom. The van der Waals surface area contributed by atoms with Gasteiger partial charge in [0.15, 0.2) is 0 Å². The minimum absolute atomic E-state index is 0.114. The van der Waals surface area contributed by atoms with Gasteiger partial charge in [0.1, 0.15) is 0 Å². The number of hydrogen-bond donors (Lipinski definition) is 0. The molecular formula is C5H11O4P. The summed E-state index contributed by atoms with van der Waals surface area (Å²) in [6.45, 7) is 4.25. The van der Waals surface area contributed by atoms with Gasteiger partial charge >= 0.3 is 7.82 Å². The third-order valence-electron chi connectivity index (χ3n) is 1.06. The molecule has 0 bridgehead atoms. The zero-order chi connectivity index (χ0) is 7.61. The standard InChI is InChI=1S/C5H11O4P/c1-3-7-10(6)8-4-5(2)9-10/h5H,3-4H2,1-2H3/t5-,10?/m0/s1. The summed E-state index contributed by atoms with van der Waals surface area (Å²) in [6, 6.07) is 0. The van der Waals surface area contributed by atoms with E-state index in [9.17, 15) is 4.57 Å². The van der Waals surface area contributed by atoms with E-state index in [4.69, 9.17) is 13.6 Å². The molecule has 1 heterocycles. The molecule has 1 fully saturated rings. The van der Waals surface area contributed by atoms with Crippen LogP contribution in [0.25, 0.3) is 0 Å². The maximum atomic E-state index is 11.2. The zero-order valence-electron chi connectivity index (χ0n) is 6.07. The molecule has 0 N–H and O–H groups in total. The maximum absolute atomic E-state index is 11.2. The second-order valence-electron chi connectivity index (χ2n) is 2.08. The summed E-state index contributed by atoms with van der Waals surface area (Å²) in [7, 11) is -3.13. The van der Waals surface area contributed by atoms with Crippen molar-refractivity contribution in [3.8, 4) is 0 Å². The van der Waals surface area contributed by atoms with Gasteiger partial charge in [0.25, 0.3) is 0 Å². The minimum Gasteiger partial charge on any atom is -0.287 e. The van der Waals surface area contributed by atoms with Gasteiger partial charge in [0.05, 0.1) is 19.3 Å². The number of hydrogen-bond acceptors (Lipinski definition) is 4. The van der Waals surface area contributed by atoms with Crippen LogP contribution >= 0.6 is 7.82 Å². The molecule has 1 rings (SSSR count). The largest absolute Gasteiger partial charge is 0.475 e. The third kappa shape index (κ3) is 1.80. The Hall–Kier alpha value is 0.110. The quantitative estimate of drug-likeness (QED) is 0.584. The Labute approximate surface area is 60.1 Å². The van der Waals surface area contributed by atoms with Crippen LogP contribution in [0.15, 0.2) is 0 Å². The molecule has 0 aliphatic carbocycles. The Bertz CT molecular complexity index is 152. The fourth-order valence-corrected chi connectivity index (χ4v) is 2.11. The van der Waals surface area contributed by atoms with E-state index in [0.717, 1.165) is 0 Å². The molecule has 1 aliphatic heterocycles. The van der Waals surface area contributed by atoms with Crippen LogP contribution in [0.2, 0.25) is 0 Å². The summed E-state index contributed by atoms with van der Waals surface area (Å²) in [6.07, 6.45) is -0.114. The van der Waals surface area contributed by atoms with E-state index >= 15 is 0 Å². The molecule has 0 aromatic rings. The van der Waals surface area contributed by atoms with Crippen molar-refractivity contribution in [2.75, 3.05) is 13.2 Å². The first-order valence-corrected chi connectivity index (χ1v) is 4.70. The summed E-state index contributed by atoms with van der Waals surface area (Å²) in [5, 5.41) is 0. The lowest BCUT2D eigenvalue weighted by Crippen LogP contribution is -2.00. The second kappa shape index (κ2) is 3.01. The van der Waals surface area contributed by atoms with Crippen molar-refractivity contribution in [1.82, 2.24) is 0 Å². The van der Waals surface area contributed by atoms with Crippen LogP contribution in [-0.2, 0) is 18.1 Å². The SMILES string of the molecule is CCOP1(=O)OC[C@H](C)O1. The van der Waals surface area contributed by atoms with Crippen LogP contribution in [0.4, 0.5) is 0 Å². The van der Waals surface area contributed by atoms with Crippen LogP contribution in [0.3, 0.4) is 0 Å². The summed E-state index contributed by atoms with van der Waals surface area (Å²) in [5.41, 5.74) is 0. The van der Waals surface area contributed by atoms with E-state index in [0.29, 0.717) is 13.2 Å². The predicted octanol–water partition coefficient (Wildman–Crippen LogP) is 1.57. The fraction of sp³-hybridized carbons (Fsp3) is 1.00. The molecule has 0 radical (unpaired) electrons. The van der Waals surface area contributed by atoms with Crippen molar-refractivity contribution in [3.05, 3.63) is 0 Å². The molecule has 0 saturated carbocycles. The van der Waals surface area contributed by atoms with E-state index in [-0.39, 0.29) is 6.10 Å². The van der Waals surface area contributed by atoms with Crippen LogP contribution in [0, 0.1) is 0 Å². The van der Waals surface area contributed by atoms with Gasteiger partial charge in [0.2, 0.25) is 0 Å². The van der Waals surface area contributed by atoms with Crippen molar-refractivity contribution >= 4 is 7.82 Å². The van der Waals surface area contributed by atoms with E-state index in [1.165, 1.54) is 0 Å². The lowest BCUT2D eigenvalue weighted by Gasteiger charge is -2.06. The second-order valence-corrected chi connectivity index (χ2v) is 3.70. The molecule has 1 aliphatic rings. The molecule has 0 spiro atoms. The first-order valence-electron chi connectivity index (χ1n) is 3.24. The maximum Gasteiger partial charge on any atom is 0.475 e. The van der Waals surface area contributed by atoms with Gasteiger partial charge in [-0.2, -0.15) is 0 Å². The molecule has 60 valence electrons. The third-order valence-corrected chi connectivity index (χ3v) is 2.72. The molecule has 5 heteroatoms. The first-order chi connectivity index (χ1) is 4.66. The Balaban J connectivity index is 2.47. The van der Waals surface area contributed by atoms with Gasteiger partial charge in [-0.05, 0) is 13.8 Å². The van der Waals surface area contributed by atoms with Crippen molar-refractivity contribution < 1.29 is 18.1 Å². The lowest BCUT2D eigenvalue weighted by molar-refractivity contribution is 0.185. The van der Waals surface area contributed by atoms with Crippen LogP contribution in [0.5, 0.6) is 0 Å². The van der Waals surface area contributed by atoms with Crippen LogP contribution in [0.1, 0.15) is 13.8 Å². The van der Waals surface area contributed by atoms with Gasteiger partial charge < -0.3 is 0 Å². The Morgan fingerprint density at radius 2 is 2.50 bits per heavy atom. The highest BCUT2D eigenvalue weighted by Gasteiger charge is 2.35. The highest BCUT2D eigenvalue weighted by Crippen LogP contribution is 2.54. The summed E-state index contributed by atoms with van der Waals surface area (Å²) in [4.78, 5) is 0. The summed E-state index contributed by atoms with van der Waals surface area (Å²) >= 11 is 0. The van der Waals surface area contributed by atoms with Crippen molar-refractivity contribution in [3.63, 3.8) is 0 Å². The molecule has 1 unspecified atom stereocenters. The number of rotatable bonds is 2. The minimum atomic E-state index is -3.13. The normalized spacial score (nSPS) is 40.4. The monoisotopic (exact) mass is 166 g/mol. The van der Waals surface area contributed by atoms with E-state index in [1.54, 1.807) is 13.8 Å². The smallest absolute Gasteiger partial charge is 0.287 e. The van der Waals surface area contributed by atoms with Crippen LogP contribution in [-0.4, -0.2) is 19.3 Å². The van der Waals surface area contributed by atoms with Crippen molar-refractivity contribution in [1.29, 1.82) is 0 Å². The average Bonchev–Trinajstić information content (AvgIpc) is 2.12. The summed E-state index contributed by atoms with van der Waals surface area (Å²) < 4.78 is 25.6. The van der Waals surface area contributed by atoms with Gasteiger partial charge in [0, 0.05) is 0 Å². The summed E-state index contributed by atoms with van der Waals surface area (Å²) in [5.74, 6) is 0. The average molecular weight is 166 g/mol. The predicted molar refractivity (Wildman–Crippen MR) is 35.7 cm³/mol. The molecule has 2 atom stereocenters. The molecule has 0 amide bonds. The first kappa shape index (κ1) is 8.21. The molecular weight excluding hydrogens is 155 g/mol. The van der Waals surface area contributed by atoms with E-state index < -0.39 is 7.82 Å². The highest BCUT2D eigenvalue weighted by molar-refractivity contribution is 7.48. The number of phosphoric acid groups is 1. The molecule has 4 nitrogen and oxygen atoms in total. The van der Waals surface area contributed by atoms with E-state index in [1.807, 2.05) is 0 Å². The molecule has 10 heavy (non-hydrogen) atoms. The van der Waals surface area contributed by atoms with Crippen LogP contribution < -0.4 is 0 Å². The van der Waals surface area contributed by atoms with Gasteiger partial charge in [-0.25, -0.2) is 4.57 Å². The molecule has 0 aromatic heterocycles. The van der Waals surface area contributed by atoms with Gasteiger partial charge in [-0.1, -0.05) is 0 Å². The number of phosphoric ester groups is 1. The van der Waals surface area contributed by atoms with E-state index in [2.05, 4.69) is 0 Å². The van der Waals surface area contributed by atoms with Gasteiger partial charge in [-0.3, -0.25) is 13.6 Å². The molecule has 1 saturated heterocycles.